The number of rotatable bonds is 0. The molecule has 6 nitrogen and oxygen atoms in total. The fourth-order valence-electron chi connectivity index (χ4n) is 0. The molecule has 10 heavy (non-hydrogen) atoms. The van der Waals surface area contributed by atoms with Crippen LogP contribution in [0.15, 0.2) is 0 Å². The van der Waals surface area contributed by atoms with E-state index in [-0.39, 0.29) is 39.2 Å². The molecule has 0 spiro atoms. The van der Waals surface area contributed by atoms with Gasteiger partial charge in [0, 0.05) is 0 Å². The second-order valence-corrected chi connectivity index (χ2v) is 0.866. The second kappa shape index (κ2) is 45.8. The zero-order valence-electron chi connectivity index (χ0n) is 5.89. The van der Waals surface area contributed by atoms with Gasteiger partial charge < -0.3 is 0 Å². The Bertz CT molecular complexity index is 54.6. The van der Waals surface area contributed by atoms with Crippen LogP contribution in [0.25, 0.3) is 0 Å². The molecule has 0 N–H and O–H groups in total. The van der Waals surface area contributed by atoms with Crippen LogP contribution in [0.1, 0.15) is 1.43 Å². The molecule has 0 aliphatic heterocycles. The Labute approximate surface area is 108 Å². The third-order valence-electron chi connectivity index (χ3n) is 0. The summed E-state index contributed by atoms with van der Waals surface area (Å²) < 4.78 is 50.8. The molecule has 48 valence electrons. The van der Waals surface area contributed by atoms with Crippen LogP contribution in [0.3, 0.4) is 0 Å². The van der Waals surface area contributed by atoms with Gasteiger partial charge in [-0.3, -0.25) is 0 Å². The Balaban J connectivity index is -0.0000000150. The van der Waals surface area contributed by atoms with Crippen LogP contribution >= 0.6 is 0 Å². The van der Waals surface area contributed by atoms with Crippen molar-refractivity contribution in [1.82, 2.24) is 0 Å². The van der Waals surface area contributed by atoms with Gasteiger partial charge in [0.25, 0.3) is 0 Å². The van der Waals surface area contributed by atoms with Crippen molar-refractivity contribution in [3.05, 3.63) is 0 Å². The first-order valence-electron chi connectivity index (χ1n) is 1.41. The van der Waals surface area contributed by atoms with Crippen LogP contribution in [-0.2, 0) is 11.4 Å². The van der Waals surface area contributed by atoms with E-state index in [2.05, 4.69) is 0 Å². The zero-order valence-corrected chi connectivity index (χ0v) is 10.6. The van der Waals surface area contributed by atoms with E-state index in [0.717, 1.165) is 0 Å². The number of hydrogen-bond donors (Lipinski definition) is 0. The summed E-state index contributed by atoms with van der Waals surface area (Å²) in [5.74, 6) is 0. The van der Waals surface area contributed by atoms with E-state index in [0.29, 0.717) is 0 Å². The molecule has 0 aromatic heterocycles. The first kappa shape index (κ1) is 22.6. The van der Waals surface area contributed by atoms with Crippen molar-refractivity contribution in [1.29, 1.82) is 0 Å². The van der Waals surface area contributed by atoms with Crippen molar-refractivity contribution in [2.24, 2.45) is 0 Å². The molecule has 0 aliphatic rings. The molecule has 0 bridgehead atoms. The van der Waals surface area contributed by atoms with E-state index in [1.165, 1.54) is 0 Å². The molecule has 0 unspecified atom stereocenters. The van der Waals surface area contributed by atoms with Gasteiger partial charge in [-0.2, -0.15) is 0 Å². The molecular weight excluding hydrogens is 217 g/mol. The summed E-state index contributed by atoms with van der Waals surface area (Å²) in [7, 11) is 0. The van der Waals surface area contributed by atoms with Gasteiger partial charge in [-0.05, 0) is 0 Å². The van der Waals surface area contributed by atoms with Crippen LogP contribution < -0.4 is 12.5 Å². The van der Waals surface area contributed by atoms with Crippen molar-refractivity contribution in [3.8, 4) is 0 Å². The second-order valence-electron chi connectivity index (χ2n) is 0.289. The Morgan fingerprint density at radius 3 is 0.800 bits per heavy atom. The van der Waals surface area contributed by atoms with Crippen molar-refractivity contribution < 1.29 is 25.3 Å². The summed E-state index contributed by atoms with van der Waals surface area (Å²) in [5.41, 5.74) is 0. The molecule has 0 aromatic rings. The molecule has 0 atom stereocenters. The van der Waals surface area contributed by atoms with Gasteiger partial charge in [-0.1, -0.05) is 0 Å². The molecule has 0 saturated carbocycles. The van der Waals surface area contributed by atoms with Crippen LogP contribution in [0, 0.1) is 0 Å². The first-order valence-corrected chi connectivity index (χ1v) is 4.24. The van der Waals surface area contributed by atoms with Crippen LogP contribution in [0.5, 0.6) is 0 Å². The topological polar surface area (TPSA) is 120 Å². The van der Waals surface area contributed by atoms with Crippen molar-refractivity contribution >= 4 is 84.2 Å². The van der Waals surface area contributed by atoms with E-state index >= 15 is 0 Å². The van der Waals surface area contributed by atoms with Gasteiger partial charge in [0.2, 0.25) is 0 Å². The molecule has 0 saturated heterocycles. The fraction of sp³-hybridized carbons (Fsp3) is 0. The summed E-state index contributed by atoms with van der Waals surface area (Å²) in [6.45, 7) is 0. The SMILES string of the molecule is [Ca+2].[H+].[O]=[Al][O-].[O]=[Al][O-].[O]=[Al][O-]. The Hall–Kier alpha value is 1.66. The average molecular weight is 218 g/mol. The minimum absolute atomic E-state index is 0. The molecule has 0 heterocycles. The van der Waals surface area contributed by atoms with E-state index in [4.69, 9.17) is 23.9 Å². The van der Waals surface area contributed by atoms with Gasteiger partial charge in [-0.15, -0.1) is 0 Å². The monoisotopic (exact) mass is 218 g/mol. The van der Waals surface area contributed by atoms with Crippen molar-refractivity contribution in [2.45, 2.75) is 0 Å². The molecule has 0 radical (unpaired) electrons. The maximum atomic E-state index is 8.46. The van der Waals surface area contributed by atoms with Gasteiger partial charge in [0.1, 0.15) is 0 Å². The van der Waals surface area contributed by atoms with Crippen LogP contribution in [-0.4, -0.2) is 84.2 Å². The number of hydrogen-bond acceptors (Lipinski definition) is 6. The first-order chi connectivity index (χ1) is 4.24. The van der Waals surface area contributed by atoms with Crippen LogP contribution in [0.2, 0.25) is 0 Å². The third kappa shape index (κ3) is 264. The predicted octanol–water partition coefficient (Wildman–Crippen LogP) is -5.33. The van der Waals surface area contributed by atoms with Crippen LogP contribution in [0.4, 0.5) is 0 Å². The van der Waals surface area contributed by atoms with E-state index < -0.39 is 46.5 Å². The minimum atomic E-state index is -1.75. The average Bonchev–Trinajstić information content (AvgIpc) is 1.70. The Morgan fingerprint density at radius 1 is 0.800 bits per heavy atom. The molecule has 0 aromatic carbocycles. The summed E-state index contributed by atoms with van der Waals surface area (Å²) in [6, 6.07) is 0. The van der Waals surface area contributed by atoms with Gasteiger partial charge in [-0.25, -0.2) is 0 Å². The van der Waals surface area contributed by atoms with Gasteiger partial charge in [0.05, 0.1) is 0 Å². The van der Waals surface area contributed by atoms with Crippen molar-refractivity contribution in [3.63, 3.8) is 0 Å². The predicted molar refractivity (Wildman–Crippen MR) is 26.2 cm³/mol. The maximum absolute atomic E-state index is 8.46. The Morgan fingerprint density at radius 2 is 0.800 bits per heavy atom. The fourth-order valence-corrected chi connectivity index (χ4v) is 0. The molecule has 0 amide bonds. The zero-order chi connectivity index (χ0) is 8.12. The van der Waals surface area contributed by atoms with Gasteiger partial charge >= 0.3 is 110 Å². The quantitative estimate of drug-likeness (QED) is 0.374. The standard InChI is InChI=1S/3Al.Ca.6O/q;;;+2;;;;3*-1/p+1. The normalized spacial score (nSPS) is 2.40. The molecule has 0 fully saturated rings. The van der Waals surface area contributed by atoms with E-state index in [9.17, 15) is 0 Å². The molecule has 0 rings (SSSR count). The Kier molecular flexibility index (Phi) is 103. The molecule has 0 aliphatic carbocycles. The molecular formula is HAl3CaO6. The summed E-state index contributed by atoms with van der Waals surface area (Å²) >= 11 is -5.25. The van der Waals surface area contributed by atoms with E-state index in [1.54, 1.807) is 0 Å². The summed E-state index contributed by atoms with van der Waals surface area (Å²) in [4.78, 5) is 0. The van der Waals surface area contributed by atoms with E-state index in [1.807, 2.05) is 0 Å². The third-order valence-corrected chi connectivity index (χ3v) is 0. The molecule has 10 heteroatoms. The van der Waals surface area contributed by atoms with Crippen molar-refractivity contribution in [2.75, 3.05) is 0 Å². The summed E-state index contributed by atoms with van der Waals surface area (Å²) in [6.07, 6.45) is 0. The summed E-state index contributed by atoms with van der Waals surface area (Å²) in [5, 5.41) is 0. The van der Waals surface area contributed by atoms with Gasteiger partial charge in [0.15, 0.2) is 0 Å².